The topological polar surface area (TPSA) is 111 Å². The molecule has 2 rings (SSSR count). The molecule has 96 valence electrons. The lowest BCUT2D eigenvalue weighted by Gasteiger charge is -2.08. The van der Waals surface area contributed by atoms with Crippen molar-refractivity contribution in [3.8, 4) is 23.1 Å². The number of ether oxygens (including phenoxy) is 1. The summed E-state index contributed by atoms with van der Waals surface area (Å²) in [6, 6.07) is 6.02. The van der Waals surface area contributed by atoms with Gasteiger partial charge in [-0.05, 0) is 12.1 Å². The summed E-state index contributed by atoms with van der Waals surface area (Å²) in [5, 5.41) is 9.05. The zero-order valence-electron chi connectivity index (χ0n) is 10.0. The quantitative estimate of drug-likeness (QED) is 0.841. The van der Waals surface area contributed by atoms with E-state index in [-0.39, 0.29) is 28.6 Å². The highest BCUT2D eigenvalue weighted by molar-refractivity contribution is 5.73. The summed E-state index contributed by atoms with van der Waals surface area (Å²) in [4.78, 5) is 7.54. The molecule has 0 fully saturated rings. The van der Waals surface area contributed by atoms with E-state index in [0.717, 1.165) is 0 Å². The molecule has 0 bridgehead atoms. The summed E-state index contributed by atoms with van der Waals surface area (Å²) >= 11 is 0. The van der Waals surface area contributed by atoms with Gasteiger partial charge in [0.15, 0.2) is 0 Å². The van der Waals surface area contributed by atoms with E-state index in [1.807, 2.05) is 6.07 Å². The lowest BCUT2D eigenvalue weighted by Crippen LogP contribution is -2.05. The van der Waals surface area contributed by atoms with Crippen LogP contribution in [0.25, 0.3) is 11.3 Å². The number of rotatable bonds is 2. The monoisotopic (exact) mass is 259 g/mol. The van der Waals surface area contributed by atoms with Crippen LogP contribution in [0.4, 0.5) is 16.2 Å². The number of aromatic nitrogens is 2. The smallest absolute Gasteiger partial charge is 0.222 e. The van der Waals surface area contributed by atoms with Gasteiger partial charge < -0.3 is 16.2 Å². The van der Waals surface area contributed by atoms with E-state index in [2.05, 4.69) is 9.97 Å². The van der Waals surface area contributed by atoms with Crippen LogP contribution in [0, 0.1) is 17.1 Å². The lowest BCUT2D eigenvalue weighted by atomic mass is 10.1. The van der Waals surface area contributed by atoms with Crippen molar-refractivity contribution in [3.05, 3.63) is 29.6 Å². The Labute approximate surface area is 108 Å². The van der Waals surface area contributed by atoms with Gasteiger partial charge in [0.2, 0.25) is 5.95 Å². The third kappa shape index (κ3) is 2.24. The van der Waals surface area contributed by atoms with Crippen LogP contribution in [-0.4, -0.2) is 17.1 Å². The van der Waals surface area contributed by atoms with Crippen molar-refractivity contribution in [1.82, 2.24) is 9.97 Å². The maximum Gasteiger partial charge on any atom is 0.222 e. The van der Waals surface area contributed by atoms with Crippen molar-refractivity contribution in [1.29, 1.82) is 5.26 Å². The third-order valence-corrected chi connectivity index (χ3v) is 2.50. The van der Waals surface area contributed by atoms with Gasteiger partial charge in [-0.15, -0.1) is 0 Å². The van der Waals surface area contributed by atoms with Gasteiger partial charge in [-0.3, -0.25) is 0 Å². The minimum atomic E-state index is -0.589. The molecule has 0 atom stereocenters. The number of hydrogen-bond acceptors (Lipinski definition) is 6. The Kier molecular flexibility index (Phi) is 3.16. The first-order valence-electron chi connectivity index (χ1n) is 5.23. The molecule has 2 aromatic rings. The molecule has 0 saturated carbocycles. The molecule has 0 aliphatic carbocycles. The summed E-state index contributed by atoms with van der Waals surface area (Å²) in [5.41, 5.74) is 11.2. The molecule has 0 unspecified atom stereocenters. The fraction of sp³-hybridized carbons (Fsp3) is 0.0833. The highest BCUT2D eigenvalue weighted by Gasteiger charge is 2.16. The normalized spacial score (nSPS) is 9.95. The molecule has 1 heterocycles. The van der Waals surface area contributed by atoms with E-state index in [9.17, 15) is 4.39 Å². The van der Waals surface area contributed by atoms with E-state index in [1.54, 1.807) is 6.07 Å². The Morgan fingerprint density at radius 2 is 2.05 bits per heavy atom. The fourth-order valence-electron chi connectivity index (χ4n) is 1.62. The Balaban J connectivity index is 2.69. The van der Waals surface area contributed by atoms with Gasteiger partial charge in [0.1, 0.15) is 29.0 Å². The van der Waals surface area contributed by atoms with Crippen LogP contribution < -0.4 is 16.2 Å². The number of nitrogens with two attached hydrogens (primary N) is 2. The van der Waals surface area contributed by atoms with E-state index in [0.29, 0.717) is 5.75 Å². The van der Waals surface area contributed by atoms with Gasteiger partial charge in [-0.2, -0.15) is 10.2 Å². The van der Waals surface area contributed by atoms with Gasteiger partial charge in [-0.1, -0.05) is 0 Å². The Morgan fingerprint density at radius 1 is 1.32 bits per heavy atom. The molecular weight excluding hydrogens is 249 g/mol. The number of benzene rings is 1. The maximum absolute atomic E-state index is 14.0. The number of nitrogens with zero attached hydrogens (tertiary/aromatic N) is 3. The van der Waals surface area contributed by atoms with Crippen LogP contribution in [-0.2, 0) is 0 Å². The molecule has 1 aromatic carbocycles. The second-order valence-electron chi connectivity index (χ2n) is 3.65. The molecular formula is C12H10FN5O. The SMILES string of the molecule is COc1ccc(-c2nc(N)nc(N)c2C#N)c(F)c1. The molecule has 4 N–H and O–H groups in total. The van der Waals surface area contributed by atoms with Crippen molar-refractivity contribution in [2.45, 2.75) is 0 Å². The number of methoxy groups -OCH3 is 1. The van der Waals surface area contributed by atoms with Crippen LogP contribution >= 0.6 is 0 Å². The van der Waals surface area contributed by atoms with Crippen molar-refractivity contribution >= 4 is 11.8 Å². The van der Waals surface area contributed by atoms with Gasteiger partial charge >= 0.3 is 0 Å². The van der Waals surface area contributed by atoms with Crippen molar-refractivity contribution in [2.24, 2.45) is 0 Å². The molecule has 7 heteroatoms. The van der Waals surface area contributed by atoms with E-state index >= 15 is 0 Å². The molecule has 0 spiro atoms. The molecule has 6 nitrogen and oxygen atoms in total. The van der Waals surface area contributed by atoms with Crippen molar-refractivity contribution < 1.29 is 9.13 Å². The molecule has 0 aliphatic rings. The number of hydrogen-bond donors (Lipinski definition) is 2. The first-order chi connectivity index (χ1) is 9.06. The van der Waals surface area contributed by atoms with Gasteiger partial charge in [0, 0.05) is 11.6 Å². The van der Waals surface area contributed by atoms with Crippen LogP contribution in [0.5, 0.6) is 5.75 Å². The number of halogens is 1. The summed E-state index contributed by atoms with van der Waals surface area (Å²) in [6.45, 7) is 0. The van der Waals surface area contributed by atoms with Crippen LogP contribution in [0.2, 0.25) is 0 Å². The average Bonchev–Trinajstić information content (AvgIpc) is 2.37. The minimum Gasteiger partial charge on any atom is -0.497 e. The van der Waals surface area contributed by atoms with E-state index < -0.39 is 5.82 Å². The number of nitriles is 1. The summed E-state index contributed by atoms with van der Waals surface area (Å²) in [6.07, 6.45) is 0. The van der Waals surface area contributed by atoms with Gasteiger partial charge in [0.25, 0.3) is 0 Å². The molecule has 0 saturated heterocycles. The Bertz CT molecular complexity index is 681. The Hall–Kier alpha value is -2.88. The Morgan fingerprint density at radius 3 is 2.63 bits per heavy atom. The molecule has 0 aliphatic heterocycles. The average molecular weight is 259 g/mol. The minimum absolute atomic E-state index is 0.0155. The van der Waals surface area contributed by atoms with Crippen LogP contribution in [0.15, 0.2) is 18.2 Å². The first kappa shape index (κ1) is 12.6. The highest BCUT2D eigenvalue weighted by atomic mass is 19.1. The summed E-state index contributed by atoms with van der Waals surface area (Å²) < 4.78 is 18.9. The fourth-order valence-corrected chi connectivity index (χ4v) is 1.62. The van der Waals surface area contributed by atoms with Gasteiger partial charge in [-0.25, -0.2) is 9.37 Å². The zero-order valence-corrected chi connectivity index (χ0v) is 10.0. The van der Waals surface area contributed by atoms with Gasteiger partial charge in [0.05, 0.1) is 12.8 Å². The molecule has 0 radical (unpaired) electrons. The second-order valence-corrected chi connectivity index (χ2v) is 3.65. The van der Waals surface area contributed by atoms with Crippen LogP contribution in [0.3, 0.4) is 0 Å². The third-order valence-electron chi connectivity index (χ3n) is 2.50. The van der Waals surface area contributed by atoms with E-state index in [4.69, 9.17) is 21.5 Å². The lowest BCUT2D eigenvalue weighted by molar-refractivity contribution is 0.411. The zero-order chi connectivity index (χ0) is 14.0. The predicted molar refractivity (Wildman–Crippen MR) is 67.5 cm³/mol. The van der Waals surface area contributed by atoms with E-state index in [1.165, 1.54) is 19.2 Å². The molecule has 1 aromatic heterocycles. The highest BCUT2D eigenvalue weighted by Crippen LogP contribution is 2.29. The van der Waals surface area contributed by atoms with Crippen molar-refractivity contribution in [3.63, 3.8) is 0 Å². The standard InChI is InChI=1S/C12H10FN5O/c1-19-6-2-3-7(9(13)4-6)10-8(5-14)11(15)18-12(16)17-10/h2-4H,1H3,(H4,15,16,17,18). The number of anilines is 2. The maximum atomic E-state index is 14.0. The molecule has 19 heavy (non-hydrogen) atoms. The van der Waals surface area contributed by atoms with Crippen LogP contribution in [0.1, 0.15) is 5.56 Å². The second kappa shape index (κ2) is 4.78. The van der Waals surface area contributed by atoms with Crippen molar-refractivity contribution in [2.75, 3.05) is 18.6 Å². The number of nitrogen functional groups attached to an aromatic ring is 2. The first-order valence-corrected chi connectivity index (χ1v) is 5.23. The summed E-state index contributed by atoms with van der Waals surface area (Å²) in [7, 11) is 1.43. The predicted octanol–water partition coefficient (Wildman–Crippen LogP) is 1.33. The molecule has 0 amide bonds. The largest absolute Gasteiger partial charge is 0.497 e. The summed E-state index contributed by atoms with van der Waals surface area (Å²) in [5.74, 6) is -0.440.